The molecular formula is C19H25N3OS. The maximum Gasteiger partial charge on any atom is 0.227 e. The molecule has 1 aliphatic rings. The predicted molar refractivity (Wildman–Crippen MR) is 99.2 cm³/mol. The lowest BCUT2D eigenvalue weighted by atomic mass is 9.85. The number of hydrogen-bond acceptors (Lipinski definition) is 4. The van der Waals surface area contributed by atoms with Crippen molar-refractivity contribution in [3.8, 4) is 0 Å². The van der Waals surface area contributed by atoms with Crippen LogP contribution in [-0.2, 0) is 17.9 Å². The Bertz CT molecular complexity index is 691. The second kappa shape index (κ2) is 7.90. The van der Waals surface area contributed by atoms with Crippen LogP contribution >= 0.6 is 11.3 Å². The van der Waals surface area contributed by atoms with Crippen molar-refractivity contribution >= 4 is 22.9 Å². The van der Waals surface area contributed by atoms with E-state index < -0.39 is 0 Å². The van der Waals surface area contributed by atoms with E-state index in [1.165, 1.54) is 17.0 Å². The largest absolute Gasteiger partial charge is 0.326 e. The molecule has 0 aliphatic heterocycles. The van der Waals surface area contributed by atoms with E-state index in [-0.39, 0.29) is 11.8 Å². The first kappa shape index (κ1) is 17.1. The van der Waals surface area contributed by atoms with Crippen LogP contribution in [0, 0.1) is 5.92 Å². The van der Waals surface area contributed by atoms with Gasteiger partial charge in [-0.3, -0.25) is 4.79 Å². The summed E-state index contributed by atoms with van der Waals surface area (Å²) in [5.74, 6) is 0.862. The Labute approximate surface area is 147 Å². The molecule has 0 saturated heterocycles. The van der Waals surface area contributed by atoms with Gasteiger partial charge in [0.1, 0.15) is 0 Å². The van der Waals surface area contributed by atoms with E-state index in [1.807, 2.05) is 18.2 Å². The first-order valence-corrected chi connectivity index (χ1v) is 9.54. The summed E-state index contributed by atoms with van der Waals surface area (Å²) in [5, 5.41) is 9.77. The molecule has 3 rings (SSSR count). The van der Waals surface area contributed by atoms with Crippen molar-refractivity contribution in [2.45, 2.75) is 52.1 Å². The summed E-state index contributed by atoms with van der Waals surface area (Å²) in [6, 6.07) is 8.07. The van der Waals surface area contributed by atoms with Crippen LogP contribution in [0.4, 0.5) is 5.69 Å². The zero-order valence-corrected chi connectivity index (χ0v) is 15.2. The third-order valence-corrected chi connectivity index (χ3v) is 5.56. The Morgan fingerprint density at radius 1 is 1.33 bits per heavy atom. The second-order valence-corrected chi connectivity index (χ2v) is 7.64. The van der Waals surface area contributed by atoms with Crippen molar-refractivity contribution in [3.05, 3.63) is 45.9 Å². The number of carbonyl (C=O) groups is 1. The highest BCUT2D eigenvalue weighted by molar-refractivity contribution is 7.09. The van der Waals surface area contributed by atoms with Crippen molar-refractivity contribution in [1.29, 1.82) is 0 Å². The molecule has 2 N–H and O–H groups in total. The average Bonchev–Trinajstić information content (AvgIpc) is 2.95. The fourth-order valence-corrected chi connectivity index (χ4v) is 3.51. The molecule has 0 bridgehead atoms. The number of thiazole rings is 1. The lowest BCUT2D eigenvalue weighted by Gasteiger charge is -2.24. The maximum atomic E-state index is 12.0. The van der Waals surface area contributed by atoms with Crippen molar-refractivity contribution < 1.29 is 4.79 Å². The fraction of sp³-hybridized carbons (Fsp3) is 0.474. The van der Waals surface area contributed by atoms with Crippen LogP contribution in [0.5, 0.6) is 0 Å². The SMILES string of the molecule is CC(C)c1nc(CNCc2cccc(NC(=O)C3CCC3)c2)cs1. The van der Waals surface area contributed by atoms with Crippen molar-refractivity contribution in [2.24, 2.45) is 5.92 Å². The summed E-state index contributed by atoms with van der Waals surface area (Å²) in [7, 11) is 0. The van der Waals surface area contributed by atoms with Crippen molar-refractivity contribution in [2.75, 3.05) is 5.32 Å². The number of carbonyl (C=O) groups excluding carboxylic acids is 1. The van der Waals surface area contributed by atoms with E-state index in [1.54, 1.807) is 11.3 Å². The first-order valence-electron chi connectivity index (χ1n) is 8.66. The van der Waals surface area contributed by atoms with Gasteiger partial charge in [-0.15, -0.1) is 11.3 Å². The summed E-state index contributed by atoms with van der Waals surface area (Å²) in [5.41, 5.74) is 3.15. The molecule has 1 saturated carbocycles. The summed E-state index contributed by atoms with van der Waals surface area (Å²) >= 11 is 1.72. The van der Waals surface area contributed by atoms with E-state index in [4.69, 9.17) is 0 Å². The Hall–Kier alpha value is -1.72. The van der Waals surface area contributed by atoms with Gasteiger partial charge in [-0.2, -0.15) is 0 Å². The number of nitrogens with one attached hydrogen (secondary N) is 2. The molecule has 0 spiro atoms. The van der Waals surface area contributed by atoms with Gasteiger partial charge in [0.25, 0.3) is 0 Å². The highest BCUT2D eigenvalue weighted by atomic mass is 32.1. The minimum Gasteiger partial charge on any atom is -0.326 e. The van der Waals surface area contributed by atoms with Crippen molar-refractivity contribution in [1.82, 2.24) is 10.3 Å². The maximum absolute atomic E-state index is 12.0. The van der Waals surface area contributed by atoms with Gasteiger partial charge in [-0.25, -0.2) is 4.98 Å². The van der Waals surface area contributed by atoms with Crippen molar-refractivity contribution in [3.63, 3.8) is 0 Å². The second-order valence-electron chi connectivity index (χ2n) is 6.75. The Morgan fingerprint density at radius 2 is 2.17 bits per heavy atom. The number of amides is 1. The quantitative estimate of drug-likeness (QED) is 0.788. The standard InChI is InChI=1S/C19H25N3OS/c1-13(2)19-22-17(12-24-19)11-20-10-14-5-3-8-16(9-14)21-18(23)15-6-4-7-15/h3,5,8-9,12-13,15,20H,4,6-7,10-11H2,1-2H3,(H,21,23). The smallest absolute Gasteiger partial charge is 0.227 e. The lowest BCUT2D eigenvalue weighted by Crippen LogP contribution is -2.28. The van der Waals surface area contributed by atoms with Gasteiger partial charge in [0.15, 0.2) is 0 Å². The Morgan fingerprint density at radius 3 is 2.83 bits per heavy atom. The van der Waals surface area contributed by atoms with Gasteiger partial charge in [0, 0.05) is 36.0 Å². The number of benzene rings is 1. The van der Waals surface area contributed by atoms with E-state index in [0.29, 0.717) is 5.92 Å². The molecule has 2 aromatic rings. The zero-order chi connectivity index (χ0) is 16.9. The highest BCUT2D eigenvalue weighted by Gasteiger charge is 2.25. The molecule has 1 amide bonds. The minimum absolute atomic E-state index is 0.162. The van der Waals surface area contributed by atoms with Gasteiger partial charge in [-0.05, 0) is 30.5 Å². The Kier molecular flexibility index (Phi) is 5.63. The molecule has 128 valence electrons. The van der Waals surface area contributed by atoms with E-state index in [2.05, 4.69) is 40.9 Å². The van der Waals surface area contributed by atoms with Crippen LogP contribution in [-0.4, -0.2) is 10.9 Å². The number of anilines is 1. The predicted octanol–water partition coefficient (Wildman–Crippen LogP) is 4.29. The molecular weight excluding hydrogens is 318 g/mol. The summed E-state index contributed by atoms with van der Waals surface area (Å²) in [6.45, 7) is 5.86. The molecule has 1 heterocycles. The van der Waals surface area contributed by atoms with Crippen LogP contribution in [0.1, 0.15) is 55.3 Å². The summed E-state index contributed by atoms with van der Waals surface area (Å²) in [4.78, 5) is 16.7. The number of hydrogen-bond donors (Lipinski definition) is 2. The van der Waals surface area contributed by atoms with Crippen LogP contribution in [0.25, 0.3) is 0 Å². The molecule has 1 aliphatic carbocycles. The summed E-state index contributed by atoms with van der Waals surface area (Å²) < 4.78 is 0. The highest BCUT2D eigenvalue weighted by Crippen LogP contribution is 2.27. The lowest BCUT2D eigenvalue weighted by molar-refractivity contribution is -0.122. The zero-order valence-electron chi connectivity index (χ0n) is 14.3. The fourth-order valence-electron chi connectivity index (χ4n) is 2.68. The van der Waals surface area contributed by atoms with E-state index in [0.717, 1.165) is 37.3 Å². The number of rotatable bonds is 7. The molecule has 4 nitrogen and oxygen atoms in total. The van der Waals surface area contributed by atoms with Crippen LogP contribution in [0.2, 0.25) is 0 Å². The van der Waals surface area contributed by atoms with Gasteiger partial charge in [-0.1, -0.05) is 32.4 Å². The third-order valence-electron chi connectivity index (χ3n) is 4.37. The van der Waals surface area contributed by atoms with Gasteiger partial charge in [0.05, 0.1) is 10.7 Å². The Balaban J connectivity index is 1.49. The molecule has 0 radical (unpaired) electrons. The van der Waals surface area contributed by atoms with E-state index >= 15 is 0 Å². The molecule has 0 unspecified atom stereocenters. The topological polar surface area (TPSA) is 54.0 Å². The molecule has 5 heteroatoms. The molecule has 1 fully saturated rings. The van der Waals surface area contributed by atoms with Crippen LogP contribution in [0.15, 0.2) is 29.6 Å². The molecule has 1 aromatic heterocycles. The van der Waals surface area contributed by atoms with Crippen LogP contribution in [0.3, 0.4) is 0 Å². The monoisotopic (exact) mass is 343 g/mol. The van der Waals surface area contributed by atoms with Crippen LogP contribution < -0.4 is 10.6 Å². The summed E-state index contributed by atoms with van der Waals surface area (Å²) in [6.07, 6.45) is 3.23. The third kappa shape index (κ3) is 4.42. The molecule has 0 atom stereocenters. The molecule has 24 heavy (non-hydrogen) atoms. The van der Waals surface area contributed by atoms with Gasteiger partial charge < -0.3 is 10.6 Å². The molecule has 1 aromatic carbocycles. The minimum atomic E-state index is 0.162. The number of aromatic nitrogens is 1. The normalized spacial score (nSPS) is 14.6. The van der Waals surface area contributed by atoms with Gasteiger partial charge in [0.2, 0.25) is 5.91 Å². The van der Waals surface area contributed by atoms with E-state index in [9.17, 15) is 4.79 Å². The first-order chi connectivity index (χ1) is 11.6. The number of nitrogens with zero attached hydrogens (tertiary/aromatic N) is 1. The average molecular weight is 343 g/mol. The van der Waals surface area contributed by atoms with Gasteiger partial charge >= 0.3 is 0 Å².